The number of rotatable bonds is 24. The first-order valence-corrected chi connectivity index (χ1v) is 14.6. The molecule has 0 spiro atoms. The number of carboxylic acids is 1. The number of quaternary nitrogens is 1. The molecule has 228 valence electrons. The summed E-state index contributed by atoms with van der Waals surface area (Å²) in [5, 5.41) is 11.4. The van der Waals surface area contributed by atoms with Crippen molar-refractivity contribution in [1.82, 2.24) is 0 Å². The van der Waals surface area contributed by atoms with Crippen LogP contribution in [0, 0.1) is 0 Å². The van der Waals surface area contributed by atoms with Crippen LogP contribution < -0.4 is 5.11 Å². The van der Waals surface area contributed by atoms with E-state index in [9.17, 15) is 19.5 Å². The van der Waals surface area contributed by atoms with Crippen molar-refractivity contribution in [2.45, 2.75) is 96.6 Å². The van der Waals surface area contributed by atoms with E-state index >= 15 is 0 Å². The average molecular weight is 564 g/mol. The molecule has 0 radical (unpaired) electrons. The normalized spacial score (nSPS) is 13.9. The Hall–Kier alpha value is -2.71. The van der Waals surface area contributed by atoms with Crippen LogP contribution in [0.25, 0.3) is 0 Å². The van der Waals surface area contributed by atoms with Crippen molar-refractivity contribution in [3.63, 3.8) is 0 Å². The lowest BCUT2D eigenvalue weighted by Crippen LogP contribution is -2.55. The van der Waals surface area contributed by atoms with Gasteiger partial charge in [-0.25, -0.2) is 0 Å². The molecular formula is C32H53NO7. The van der Waals surface area contributed by atoms with Gasteiger partial charge in [0.05, 0.1) is 40.3 Å². The highest BCUT2D eigenvalue weighted by Crippen LogP contribution is 2.10. The molecule has 0 fully saturated rings. The molecule has 0 aromatic carbocycles. The minimum atomic E-state index is -1.14. The van der Waals surface area contributed by atoms with Gasteiger partial charge in [0.15, 0.2) is 6.10 Å². The van der Waals surface area contributed by atoms with Crippen LogP contribution >= 0.6 is 0 Å². The zero-order valence-electron chi connectivity index (χ0n) is 25.5. The SMILES string of the molecule is CC/C=C\C/C=C\C/C=C\C/C=C\CCCCCCC(=O)OC(COCCC(C(=O)[O-])[N+](C)(C)C)COC(C)=O. The second-order valence-electron chi connectivity index (χ2n) is 10.7. The number of carboxylic acid groups (broad SMARTS) is 1. The number of esters is 2. The van der Waals surface area contributed by atoms with E-state index in [1.54, 1.807) is 21.1 Å². The van der Waals surface area contributed by atoms with Gasteiger partial charge in [-0.15, -0.1) is 0 Å². The van der Waals surface area contributed by atoms with Crippen LogP contribution in [0.5, 0.6) is 0 Å². The highest BCUT2D eigenvalue weighted by molar-refractivity contribution is 5.70. The lowest BCUT2D eigenvalue weighted by atomic mass is 10.1. The molecule has 0 aliphatic rings. The first-order valence-electron chi connectivity index (χ1n) is 14.6. The number of hydrogen-bond donors (Lipinski definition) is 0. The van der Waals surface area contributed by atoms with E-state index in [0.717, 1.165) is 57.8 Å². The van der Waals surface area contributed by atoms with Crippen molar-refractivity contribution < 1.29 is 38.2 Å². The Labute approximate surface area is 242 Å². The molecule has 2 atom stereocenters. The lowest BCUT2D eigenvalue weighted by molar-refractivity contribution is -0.889. The lowest BCUT2D eigenvalue weighted by Gasteiger charge is -2.34. The van der Waals surface area contributed by atoms with Gasteiger partial charge in [-0.05, 0) is 44.9 Å². The minimum Gasteiger partial charge on any atom is -0.544 e. The summed E-state index contributed by atoms with van der Waals surface area (Å²) in [6.07, 6.45) is 26.1. The van der Waals surface area contributed by atoms with E-state index in [0.29, 0.717) is 0 Å². The van der Waals surface area contributed by atoms with Gasteiger partial charge in [0.1, 0.15) is 12.6 Å². The molecule has 0 saturated carbocycles. The molecule has 0 aromatic rings. The van der Waals surface area contributed by atoms with Gasteiger partial charge in [0.2, 0.25) is 0 Å². The number of carbonyl (C=O) groups excluding carboxylic acids is 3. The Morgan fingerprint density at radius 3 is 1.93 bits per heavy atom. The summed E-state index contributed by atoms with van der Waals surface area (Å²) in [7, 11) is 5.32. The molecule has 0 amide bonds. The predicted molar refractivity (Wildman–Crippen MR) is 157 cm³/mol. The number of hydrogen-bond acceptors (Lipinski definition) is 7. The van der Waals surface area contributed by atoms with Crippen LogP contribution in [0.4, 0.5) is 0 Å². The number of aliphatic carboxylic acids is 1. The van der Waals surface area contributed by atoms with Gasteiger partial charge < -0.3 is 28.6 Å². The van der Waals surface area contributed by atoms with E-state index in [1.807, 2.05) is 0 Å². The summed E-state index contributed by atoms with van der Waals surface area (Å²) >= 11 is 0. The van der Waals surface area contributed by atoms with E-state index in [-0.39, 0.29) is 43.1 Å². The Bertz CT molecular complexity index is 809. The summed E-state index contributed by atoms with van der Waals surface area (Å²) < 4.78 is 16.2. The fourth-order valence-corrected chi connectivity index (χ4v) is 3.79. The standard InChI is InChI=1S/C32H53NO7/c1-6-7-8-9-10-11-12-13-14-15-16-17-18-19-20-21-22-23-31(35)40-29(27-39-28(2)34)26-38-25-24-30(32(36)37)33(3,4)5/h7-8,10-11,13-14,16-17,29-30H,6,9,12,15,18-27H2,1-5H3/b8-7-,11-10-,14-13-,17-16-. The summed E-state index contributed by atoms with van der Waals surface area (Å²) in [6, 6.07) is -0.725. The Kier molecular flexibility index (Phi) is 22.5. The minimum absolute atomic E-state index is 0.0186. The molecule has 2 unspecified atom stereocenters. The number of carbonyl (C=O) groups is 3. The second kappa shape index (κ2) is 24.1. The van der Waals surface area contributed by atoms with Crippen LogP contribution in [-0.4, -0.2) is 75.5 Å². The molecule has 0 heterocycles. The highest BCUT2D eigenvalue weighted by Gasteiger charge is 2.25. The number of nitrogens with zero attached hydrogens (tertiary/aromatic N) is 1. The highest BCUT2D eigenvalue weighted by atomic mass is 16.6. The third-order valence-electron chi connectivity index (χ3n) is 6.04. The molecule has 0 bridgehead atoms. The zero-order valence-corrected chi connectivity index (χ0v) is 25.5. The monoisotopic (exact) mass is 563 g/mol. The number of ether oxygens (including phenoxy) is 3. The largest absolute Gasteiger partial charge is 0.544 e. The first kappa shape index (κ1) is 37.3. The van der Waals surface area contributed by atoms with E-state index in [2.05, 4.69) is 55.5 Å². The van der Waals surface area contributed by atoms with E-state index < -0.39 is 24.1 Å². The van der Waals surface area contributed by atoms with Crippen LogP contribution in [0.15, 0.2) is 48.6 Å². The molecule has 0 N–H and O–H groups in total. The van der Waals surface area contributed by atoms with Crippen molar-refractivity contribution >= 4 is 17.9 Å². The topological polar surface area (TPSA) is 102 Å². The first-order chi connectivity index (χ1) is 19.1. The molecule has 0 saturated heterocycles. The Balaban J connectivity index is 4.10. The third-order valence-corrected chi connectivity index (χ3v) is 6.04. The number of allylic oxidation sites excluding steroid dienone is 8. The van der Waals surface area contributed by atoms with Crippen LogP contribution in [-0.2, 0) is 28.6 Å². The Morgan fingerprint density at radius 1 is 0.800 bits per heavy atom. The average Bonchev–Trinajstić information content (AvgIpc) is 2.87. The van der Waals surface area contributed by atoms with Crippen molar-refractivity contribution in [1.29, 1.82) is 0 Å². The molecule has 8 nitrogen and oxygen atoms in total. The van der Waals surface area contributed by atoms with E-state index in [1.165, 1.54) is 6.92 Å². The van der Waals surface area contributed by atoms with Crippen LogP contribution in [0.1, 0.15) is 84.5 Å². The molecular weight excluding hydrogens is 510 g/mol. The molecule has 0 aliphatic heterocycles. The maximum absolute atomic E-state index is 12.3. The van der Waals surface area contributed by atoms with Gasteiger partial charge in [-0.2, -0.15) is 0 Å². The summed E-state index contributed by atoms with van der Waals surface area (Å²) in [5.41, 5.74) is 0. The van der Waals surface area contributed by atoms with Crippen LogP contribution in [0.3, 0.4) is 0 Å². The maximum Gasteiger partial charge on any atom is 0.306 e. The fraction of sp³-hybridized carbons (Fsp3) is 0.656. The predicted octanol–water partition coefficient (Wildman–Crippen LogP) is 4.84. The third kappa shape index (κ3) is 23.2. The number of unbranched alkanes of at least 4 members (excludes halogenated alkanes) is 4. The molecule has 40 heavy (non-hydrogen) atoms. The molecule has 0 rings (SSSR count). The van der Waals surface area contributed by atoms with Gasteiger partial charge >= 0.3 is 11.9 Å². The van der Waals surface area contributed by atoms with Gasteiger partial charge in [-0.1, -0.05) is 68.4 Å². The zero-order chi connectivity index (χ0) is 30.1. The van der Waals surface area contributed by atoms with Crippen LogP contribution in [0.2, 0.25) is 0 Å². The van der Waals surface area contributed by atoms with Gasteiger partial charge in [0.25, 0.3) is 0 Å². The van der Waals surface area contributed by atoms with Crippen molar-refractivity contribution in [3.05, 3.63) is 48.6 Å². The molecule has 0 aliphatic carbocycles. The maximum atomic E-state index is 12.3. The summed E-state index contributed by atoms with van der Waals surface area (Å²) in [6.45, 7) is 3.49. The Morgan fingerprint density at radius 2 is 1.38 bits per heavy atom. The van der Waals surface area contributed by atoms with Gasteiger partial charge in [-0.3, -0.25) is 9.59 Å². The van der Waals surface area contributed by atoms with Crippen molar-refractivity contribution in [2.75, 3.05) is 41.0 Å². The number of likely N-dealkylation sites (N-methyl/N-ethyl adjacent to an activating group) is 1. The summed E-state index contributed by atoms with van der Waals surface area (Å²) in [4.78, 5) is 34.9. The van der Waals surface area contributed by atoms with Crippen molar-refractivity contribution in [3.8, 4) is 0 Å². The second-order valence-corrected chi connectivity index (χ2v) is 10.7. The molecule has 8 heteroatoms. The molecule has 0 aromatic heterocycles. The fourth-order valence-electron chi connectivity index (χ4n) is 3.79. The quantitative estimate of drug-likeness (QED) is 0.0717. The van der Waals surface area contributed by atoms with E-state index in [4.69, 9.17) is 14.2 Å². The van der Waals surface area contributed by atoms with Crippen molar-refractivity contribution in [2.24, 2.45) is 0 Å². The smallest absolute Gasteiger partial charge is 0.306 e. The van der Waals surface area contributed by atoms with Gasteiger partial charge in [0, 0.05) is 19.8 Å². The summed E-state index contributed by atoms with van der Waals surface area (Å²) in [5.74, 6) is -1.98.